The maximum absolute atomic E-state index is 12.7. The predicted octanol–water partition coefficient (Wildman–Crippen LogP) is -3.95. The number of nitrogens with two attached hydrogens (primary N) is 2. The van der Waals surface area contributed by atoms with Gasteiger partial charge in [-0.3, -0.25) is 28.8 Å². The minimum absolute atomic E-state index is 0.272. The summed E-state index contributed by atoms with van der Waals surface area (Å²) < 4.78 is 0. The van der Waals surface area contributed by atoms with E-state index in [1.54, 1.807) is 0 Å². The van der Waals surface area contributed by atoms with Gasteiger partial charge in [0.1, 0.15) is 24.2 Å². The summed E-state index contributed by atoms with van der Waals surface area (Å²) in [4.78, 5) is 72.8. The van der Waals surface area contributed by atoms with E-state index in [-0.39, 0.29) is 13.1 Å². The Hall–Kier alpha value is -3.22. The molecular weight excluding hydrogens is 410 g/mol. The van der Waals surface area contributed by atoms with Gasteiger partial charge >= 0.3 is 0 Å². The van der Waals surface area contributed by atoms with Gasteiger partial charge in [-0.05, 0) is 33.6 Å². The van der Waals surface area contributed by atoms with E-state index in [4.69, 9.17) is 11.5 Å². The quantitative estimate of drug-likeness (QED) is 0.198. The monoisotopic (exact) mass is 441 g/mol. The summed E-state index contributed by atoms with van der Waals surface area (Å²) >= 11 is 0. The number of primary amides is 1. The molecule has 31 heavy (non-hydrogen) atoms. The van der Waals surface area contributed by atoms with Gasteiger partial charge in [-0.1, -0.05) is 0 Å². The van der Waals surface area contributed by atoms with E-state index in [1.807, 2.05) is 0 Å². The fourth-order valence-electron chi connectivity index (χ4n) is 3.01. The number of nitrogens with zero attached hydrogens (tertiary/aromatic N) is 1. The molecule has 0 aromatic carbocycles. The van der Waals surface area contributed by atoms with Crippen molar-refractivity contribution in [3.8, 4) is 0 Å². The molecule has 174 valence electrons. The Balaban J connectivity index is 2.61. The summed E-state index contributed by atoms with van der Waals surface area (Å²) in [5.41, 5.74) is 10.2. The average Bonchev–Trinajstić information content (AvgIpc) is 3.20. The normalized spacial score (nSPS) is 18.3. The Morgan fingerprint density at radius 1 is 0.935 bits per heavy atom. The molecule has 1 rings (SSSR count). The highest BCUT2D eigenvalue weighted by molar-refractivity contribution is 5.95. The molecule has 1 aliphatic heterocycles. The van der Waals surface area contributed by atoms with E-state index in [9.17, 15) is 28.8 Å². The Bertz CT molecular complexity index is 728. The van der Waals surface area contributed by atoms with Crippen molar-refractivity contribution >= 4 is 35.4 Å². The highest BCUT2D eigenvalue weighted by Gasteiger charge is 2.36. The zero-order chi connectivity index (χ0) is 23.7. The minimum atomic E-state index is -0.979. The van der Waals surface area contributed by atoms with Gasteiger partial charge in [-0.15, -0.1) is 0 Å². The second kappa shape index (κ2) is 11.8. The van der Waals surface area contributed by atoms with Gasteiger partial charge < -0.3 is 37.6 Å². The Morgan fingerprint density at radius 3 is 2.03 bits per heavy atom. The number of hydrogen-bond donors (Lipinski definition) is 6. The van der Waals surface area contributed by atoms with Crippen LogP contribution in [-0.2, 0) is 28.8 Å². The largest absolute Gasteiger partial charge is 0.368 e. The molecule has 0 bridgehead atoms. The third-order valence-electron chi connectivity index (χ3n) is 4.71. The van der Waals surface area contributed by atoms with E-state index in [0.717, 1.165) is 0 Å². The molecular formula is C18H31N7O6. The van der Waals surface area contributed by atoms with Crippen LogP contribution in [-0.4, -0.2) is 84.1 Å². The molecule has 1 fully saturated rings. The molecule has 0 saturated carbocycles. The first-order chi connectivity index (χ1) is 14.5. The number of hydrogen-bond acceptors (Lipinski definition) is 7. The highest BCUT2D eigenvalue weighted by atomic mass is 16.2. The van der Waals surface area contributed by atoms with Crippen molar-refractivity contribution in [3.63, 3.8) is 0 Å². The summed E-state index contributed by atoms with van der Waals surface area (Å²) in [6.45, 7) is 4.07. The van der Waals surface area contributed by atoms with Crippen molar-refractivity contribution in [1.82, 2.24) is 26.2 Å². The van der Waals surface area contributed by atoms with Gasteiger partial charge in [0.2, 0.25) is 35.4 Å². The van der Waals surface area contributed by atoms with E-state index in [2.05, 4.69) is 21.3 Å². The van der Waals surface area contributed by atoms with E-state index in [0.29, 0.717) is 19.4 Å². The van der Waals surface area contributed by atoms with E-state index < -0.39 is 59.6 Å². The SMILES string of the molecule is C[C@H](NC(=O)CN)C(=O)N[C@@H](C)C(=O)N[C@@H](C)C(=O)N1CCC[C@H]1C(=O)NCC(N)=O. The third-order valence-corrected chi connectivity index (χ3v) is 4.71. The van der Waals surface area contributed by atoms with Crippen LogP contribution in [0, 0.1) is 0 Å². The standard InChI is InChI=1S/C18H31N7O6/c1-9(22-14(27)7-19)15(28)23-10(2)16(29)24-11(3)18(31)25-6-4-5-12(25)17(30)21-8-13(20)26/h9-12H,4-8,19H2,1-3H3,(H2,20,26)(H,21,30)(H,22,27)(H,23,28)(H,24,29)/t9-,10-,11-,12-/m0/s1. The van der Waals surface area contributed by atoms with Gasteiger partial charge in [0, 0.05) is 6.54 Å². The van der Waals surface area contributed by atoms with Gasteiger partial charge in [-0.2, -0.15) is 0 Å². The van der Waals surface area contributed by atoms with Crippen molar-refractivity contribution in [2.24, 2.45) is 11.5 Å². The average molecular weight is 441 g/mol. The molecule has 0 radical (unpaired) electrons. The van der Waals surface area contributed by atoms with Crippen LogP contribution in [0.1, 0.15) is 33.6 Å². The number of nitrogens with one attached hydrogen (secondary N) is 4. The van der Waals surface area contributed by atoms with Crippen LogP contribution in [0.15, 0.2) is 0 Å². The zero-order valence-corrected chi connectivity index (χ0v) is 17.9. The van der Waals surface area contributed by atoms with Crippen LogP contribution < -0.4 is 32.7 Å². The van der Waals surface area contributed by atoms with Crippen LogP contribution in [0.5, 0.6) is 0 Å². The molecule has 0 unspecified atom stereocenters. The summed E-state index contributed by atoms with van der Waals surface area (Å²) in [6, 6.07) is -3.58. The Labute approximate surface area is 180 Å². The number of likely N-dealkylation sites (tertiary alicyclic amines) is 1. The second-order valence-corrected chi connectivity index (χ2v) is 7.33. The smallest absolute Gasteiger partial charge is 0.245 e. The first-order valence-electron chi connectivity index (χ1n) is 9.94. The lowest BCUT2D eigenvalue weighted by molar-refractivity contribution is -0.141. The molecule has 6 amide bonds. The van der Waals surface area contributed by atoms with Gasteiger partial charge in [0.15, 0.2) is 0 Å². The lowest BCUT2D eigenvalue weighted by atomic mass is 10.1. The van der Waals surface area contributed by atoms with Crippen LogP contribution in [0.2, 0.25) is 0 Å². The molecule has 8 N–H and O–H groups in total. The topological polar surface area (TPSA) is 206 Å². The molecule has 4 atom stereocenters. The number of amides is 6. The van der Waals surface area contributed by atoms with Crippen molar-refractivity contribution in [3.05, 3.63) is 0 Å². The fraction of sp³-hybridized carbons (Fsp3) is 0.667. The molecule has 0 spiro atoms. The summed E-state index contributed by atoms with van der Waals surface area (Å²) in [7, 11) is 0. The predicted molar refractivity (Wildman–Crippen MR) is 109 cm³/mol. The van der Waals surface area contributed by atoms with Crippen molar-refractivity contribution < 1.29 is 28.8 Å². The molecule has 1 saturated heterocycles. The zero-order valence-electron chi connectivity index (χ0n) is 17.9. The van der Waals surface area contributed by atoms with Gasteiger partial charge in [0.05, 0.1) is 13.1 Å². The lowest BCUT2D eigenvalue weighted by Crippen LogP contribution is -2.56. The Kier molecular flexibility index (Phi) is 9.86. The highest BCUT2D eigenvalue weighted by Crippen LogP contribution is 2.18. The van der Waals surface area contributed by atoms with E-state index >= 15 is 0 Å². The summed E-state index contributed by atoms with van der Waals surface area (Å²) in [5.74, 6) is -3.36. The van der Waals surface area contributed by atoms with Crippen LogP contribution in [0.4, 0.5) is 0 Å². The third kappa shape index (κ3) is 7.85. The van der Waals surface area contributed by atoms with E-state index in [1.165, 1.54) is 25.7 Å². The maximum atomic E-state index is 12.7. The number of rotatable bonds is 10. The Morgan fingerprint density at radius 2 is 1.48 bits per heavy atom. The molecule has 1 heterocycles. The van der Waals surface area contributed by atoms with Gasteiger partial charge in [0.25, 0.3) is 0 Å². The number of carbonyl (C=O) groups is 6. The number of carbonyl (C=O) groups excluding carboxylic acids is 6. The lowest BCUT2D eigenvalue weighted by Gasteiger charge is -2.27. The first-order valence-corrected chi connectivity index (χ1v) is 9.94. The van der Waals surface area contributed by atoms with Crippen molar-refractivity contribution in [2.75, 3.05) is 19.6 Å². The molecule has 1 aliphatic rings. The first kappa shape index (κ1) is 25.8. The summed E-state index contributed by atoms with van der Waals surface area (Å²) in [5, 5.41) is 9.69. The van der Waals surface area contributed by atoms with Gasteiger partial charge in [-0.25, -0.2) is 0 Å². The van der Waals surface area contributed by atoms with Crippen molar-refractivity contribution in [2.45, 2.75) is 57.8 Å². The molecule has 0 aliphatic carbocycles. The van der Waals surface area contributed by atoms with Crippen LogP contribution >= 0.6 is 0 Å². The minimum Gasteiger partial charge on any atom is -0.368 e. The maximum Gasteiger partial charge on any atom is 0.245 e. The molecule has 13 heteroatoms. The fourth-order valence-corrected chi connectivity index (χ4v) is 3.01. The second-order valence-electron chi connectivity index (χ2n) is 7.33. The van der Waals surface area contributed by atoms with Crippen LogP contribution in [0.3, 0.4) is 0 Å². The van der Waals surface area contributed by atoms with Crippen LogP contribution in [0.25, 0.3) is 0 Å². The van der Waals surface area contributed by atoms with Crippen molar-refractivity contribution in [1.29, 1.82) is 0 Å². The molecule has 13 nitrogen and oxygen atoms in total. The molecule has 0 aromatic rings. The summed E-state index contributed by atoms with van der Waals surface area (Å²) in [6.07, 6.45) is 1.02. The molecule has 0 aromatic heterocycles.